The van der Waals surface area contributed by atoms with E-state index >= 15 is 0 Å². The molecule has 148 valence electrons. The number of carbonyl (C=O) groups is 2. The van der Waals surface area contributed by atoms with E-state index in [1.54, 1.807) is 29.2 Å². The van der Waals surface area contributed by atoms with Crippen LogP contribution in [0.3, 0.4) is 0 Å². The van der Waals surface area contributed by atoms with Gasteiger partial charge in [0.1, 0.15) is 24.7 Å². The number of benzene rings is 2. The van der Waals surface area contributed by atoms with E-state index in [2.05, 4.69) is 5.43 Å². The van der Waals surface area contributed by atoms with Crippen LogP contribution in [0.15, 0.2) is 54.6 Å². The number of hydrazine groups is 1. The average molecular weight is 383 g/mol. The SMILES string of the molecule is NNC(=O)C1CCCN(C(=O)c2cccc(OCCOc3ccccc3)c2)C1. The molecule has 0 spiro atoms. The fraction of sp³-hybridized carbons (Fsp3) is 0.333. The van der Waals surface area contributed by atoms with Crippen LogP contribution in [-0.4, -0.2) is 43.0 Å². The highest BCUT2D eigenvalue weighted by molar-refractivity contribution is 5.95. The molecule has 1 heterocycles. The Morgan fingerprint density at radius 1 is 1.04 bits per heavy atom. The van der Waals surface area contributed by atoms with Gasteiger partial charge in [-0.15, -0.1) is 0 Å². The summed E-state index contributed by atoms with van der Waals surface area (Å²) in [6.07, 6.45) is 1.51. The Bertz CT molecular complexity index is 797. The third-order valence-corrected chi connectivity index (χ3v) is 4.67. The van der Waals surface area contributed by atoms with Crippen molar-refractivity contribution in [3.8, 4) is 11.5 Å². The zero-order chi connectivity index (χ0) is 19.8. The van der Waals surface area contributed by atoms with Gasteiger partial charge < -0.3 is 14.4 Å². The number of ether oxygens (including phenoxy) is 2. The second kappa shape index (κ2) is 9.75. The van der Waals surface area contributed by atoms with Crippen LogP contribution in [0.25, 0.3) is 0 Å². The molecule has 2 aromatic rings. The Balaban J connectivity index is 1.53. The van der Waals surface area contributed by atoms with Crippen LogP contribution in [0, 0.1) is 5.92 Å². The summed E-state index contributed by atoms with van der Waals surface area (Å²) >= 11 is 0. The van der Waals surface area contributed by atoms with Crippen molar-refractivity contribution < 1.29 is 19.1 Å². The fourth-order valence-electron chi connectivity index (χ4n) is 3.23. The molecule has 1 saturated heterocycles. The van der Waals surface area contributed by atoms with Crippen LogP contribution in [-0.2, 0) is 4.79 Å². The number of hydrogen-bond donors (Lipinski definition) is 2. The predicted octanol–water partition coefficient (Wildman–Crippen LogP) is 1.99. The summed E-state index contributed by atoms with van der Waals surface area (Å²) < 4.78 is 11.3. The molecular weight excluding hydrogens is 358 g/mol. The van der Waals surface area contributed by atoms with Gasteiger partial charge in [0.25, 0.3) is 5.91 Å². The molecule has 1 fully saturated rings. The van der Waals surface area contributed by atoms with Crippen molar-refractivity contribution in [2.75, 3.05) is 26.3 Å². The summed E-state index contributed by atoms with van der Waals surface area (Å²) in [5, 5.41) is 0. The van der Waals surface area contributed by atoms with Crippen LogP contribution in [0.2, 0.25) is 0 Å². The molecule has 3 N–H and O–H groups in total. The number of carbonyl (C=O) groups excluding carboxylic acids is 2. The van der Waals surface area contributed by atoms with Gasteiger partial charge in [0, 0.05) is 18.7 Å². The van der Waals surface area contributed by atoms with E-state index in [0.29, 0.717) is 37.6 Å². The number of amides is 2. The summed E-state index contributed by atoms with van der Waals surface area (Å²) in [7, 11) is 0. The van der Waals surface area contributed by atoms with Gasteiger partial charge in [0.15, 0.2) is 0 Å². The van der Waals surface area contributed by atoms with Gasteiger partial charge in [-0.2, -0.15) is 0 Å². The highest BCUT2D eigenvalue weighted by atomic mass is 16.5. The van der Waals surface area contributed by atoms with Gasteiger partial charge >= 0.3 is 0 Å². The van der Waals surface area contributed by atoms with Crippen molar-refractivity contribution in [3.63, 3.8) is 0 Å². The van der Waals surface area contributed by atoms with Crippen LogP contribution in [0.1, 0.15) is 23.2 Å². The van der Waals surface area contributed by atoms with Crippen molar-refractivity contribution in [1.82, 2.24) is 10.3 Å². The lowest BCUT2D eigenvalue weighted by Gasteiger charge is -2.31. The molecule has 28 heavy (non-hydrogen) atoms. The molecule has 1 aliphatic heterocycles. The standard InChI is InChI=1S/C21H25N3O4/c22-23-20(25)17-7-5-11-24(15-17)21(26)16-6-4-10-19(14-16)28-13-12-27-18-8-2-1-3-9-18/h1-4,6,8-10,14,17H,5,7,11-13,15,22H2,(H,23,25). The maximum Gasteiger partial charge on any atom is 0.254 e. The normalized spacial score (nSPS) is 16.3. The lowest BCUT2D eigenvalue weighted by atomic mass is 9.96. The summed E-state index contributed by atoms with van der Waals surface area (Å²) in [6.45, 7) is 1.78. The van der Waals surface area contributed by atoms with Crippen LogP contribution in [0.5, 0.6) is 11.5 Å². The van der Waals surface area contributed by atoms with Crippen LogP contribution < -0.4 is 20.7 Å². The lowest BCUT2D eigenvalue weighted by molar-refractivity contribution is -0.126. The molecule has 0 aromatic heterocycles. The number of piperidine rings is 1. The Morgan fingerprint density at radius 3 is 2.50 bits per heavy atom. The fourth-order valence-corrected chi connectivity index (χ4v) is 3.23. The molecule has 7 heteroatoms. The van der Waals surface area contributed by atoms with E-state index in [1.807, 2.05) is 30.3 Å². The molecule has 2 aromatic carbocycles. The number of likely N-dealkylation sites (tertiary alicyclic amines) is 1. The van der Waals surface area contributed by atoms with Crippen molar-refractivity contribution in [2.45, 2.75) is 12.8 Å². The van der Waals surface area contributed by atoms with E-state index in [0.717, 1.165) is 18.6 Å². The number of nitrogens with zero attached hydrogens (tertiary/aromatic N) is 1. The Kier molecular flexibility index (Phi) is 6.86. The maximum absolute atomic E-state index is 12.8. The first kappa shape index (κ1) is 19.7. The molecule has 0 radical (unpaired) electrons. The number of para-hydroxylation sites is 1. The monoisotopic (exact) mass is 383 g/mol. The summed E-state index contributed by atoms with van der Waals surface area (Å²) in [4.78, 5) is 26.3. The first-order chi connectivity index (χ1) is 13.7. The largest absolute Gasteiger partial charge is 0.490 e. The van der Waals surface area contributed by atoms with Gasteiger partial charge in [0.2, 0.25) is 5.91 Å². The van der Waals surface area contributed by atoms with Gasteiger partial charge in [-0.1, -0.05) is 24.3 Å². The molecule has 1 atom stereocenters. The number of hydrogen-bond acceptors (Lipinski definition) is 5. The smallest absolute Gasteiger partial charge is 0.254 e. The Labute approximate surface area is 164 Å². The molecule has 1 aliphatic rings. The maximum atomic E-state index is 12.8. The topological polar surface area (TPSA) is 93.9 Å². The van der Waals surface area contributed by atoms with Crippen molar-refractivity contribution in [1.29, 1.82) is 0 Å². The van der Waals surface area contributed by atoms with Gasteiger partial charge in [-0.25, -0.2) is 5.84 Å². The molecule has 2 amide bonds. The second-order valence-corrected chi connectivity index (χ2v) is 6.64. The number of rotatable bonds is 7. The summed E-state index contributed by atoms with van der Waals surface area (Å²) in [5.41, 5.74) is 2.71. The third kappa shape index (κ3) is 5.23. The van der Waals surface area contributed by atoms with E-state index in [-0.39, 0.29) is 17.7 Å². The zero-order valence-corrected chi connectivity index (χ0v) is 15.7. The van der Waals surface area contributed by atoms with Crippen LogP contribution in [0.4, 0.5) is 0 Å². The highest BCUT2D eigenvalue weighted by Crippen LogP contribution is 2.21. The molecular formula is C21H25N3O4. The Morgan fingerprint density at radius 2 is 1.75 bits per heavy atom. The number of nitrogens with two attached hydrogens (primary N) is 1. The lowest BCUT2D eigenvalue weighted by Crippen LogP contribution is -2.47. The molecule has 1 unspecified atom stereocenters. The molecule has 0 bridgehead atoms. The van der Waals surface area contributed by atoms with Crippen LogP contribution >= 0.6 is 0 Å². The second-order valence-electron chi connectivity index (χ2n) is 6.64. The molecule has 0 aliphatic carbocycles. The van der Waals surface area contributed by atoms with E-state index in [4.69, 9.17) is 15.3 Å². The van der Waals surface area contributed by atoms with E-state index in [1.165, 1.54) is 0 Å². The first-order valence-corrected chi connectivity index (χ1v) is 9.38. The van der Waals surface area contributed by atoms with E-state index < -0.39 is 0 Å². The minimum absolute atomic E-state index is 0.111. The minimum atomic E-state index is -0.266. The molecule has 0 saturated carbocycles. The summed E-state index contributed by atoms with van der Waals surface area (Å²) in [6, 6.07) is 16.6. The Hall–Kier alpha value is -3.06. The third-order valence-electron chi connectivity index (χ3n) is 4.67. The highest BCUT2D eigenvalue weighted by Gasteiger charge is 2.28. The number of nitrogens with one attached hydrogen (secondary N) is 1. The average Bonchev–Trinajstić information content (AvgIpc) is 2.76. The minimum Gasteiger partial charge on any atom is -0.490 e. The van der Waals surface area contributed by atoms with Gasteiger partial charge in [0.05, 0.1) is 5.92 Å². The van der Waals surface area contributed by atoms with Crippen molar-refractivity contribution >= 4 is 11.8 Å². The molecule has 7 nitrogen and oxygen atoms in total. The molecule has 3 rings (SSSR count). The van der Waals surface area contributed by atoms with Gasteiger partial charge in [-0.3, -0.25) is 15.0 Å². The van der Waals surface area contributed by atoms with Crippen molar-refractivity contribution in [3.05, 3.63) is 60.2 Å². The first-order valence-electron chi connectivity index (χ1n) is 9.38. The zero-order valence-electron chi connectivity index (χ0n) is 15.7. The quantitative estimate of drug-likeness (QED) is 0.330. The summed E-state index contributed by atoms with van der Waals surface area (Å²) in [5.74, 6) is 6.01. The predicted molar refractivity (Wildman–Crippen MR) is 105 cm³/mol. The van der Waals surface area contributed by atoms with Gasteiger partial charge in [-0.05, 0) is 43.2 Å². The van der Waals surface area contributed by atoms with E-state index in [9.17, 15) is 9.59 Å². The van der Waals surface area contributed by atoms with Crippen molar-refractivity contribution in [2.24, 2.45) is 11.8 Å².